The first-order valence-electron chi connectivity index (χ1n) is 11.8. The summed E-state index contributed by atoms with van der Waals surface area (Å²) in [6.45, 7) is 2.21. The van der Waals surface area contributed by atoms with Crippen LogP contribution in [-0.4, -0.2) is 46.2 Å². The van der Waals surface area contributed by atoms with Crippen molar-refractivity contribution in [3.05, 3.63) is 99.9 Å². The molecule has 1 amide bonds. The summed E-state index contributed by atoms with van der Waals surface area (Å²) >= 11 is 0. The summed E-state index contributed by atoms with van der Waals surface area (Å²) < 4.78 is 13.5. The zero-order valence-corrected chi connectivity index (χ0v) is 20.4. The van der Waals surface area contributed by atoms with Crippen molar-refractivity contribution in [2.75, 3.05) is 20.3 Å². The molecule has 186 valence electrons. The van der Waals surface area contributed by atoms with Crippen LogP contribution in [-0.2, 0) is 16.0 Å². The third-order valence-corrected chi connectivity index (χ3v) is 6.03. The second-order valence-electron chi connectivity index (χ2n) is 8.27. The zero-order valence-electron chi connectivity index (χ0n) is 20.4. The molecule has 0 aliphatic rings. The predicted octanol–water partition coefficient (Wildman–Crippen LogP) is 3.37. The number of carbonyl (C=O) groups is 2. The minimum Gasteiger partial charge on any atom is -0.462 e. The quantitative estimate of drug-likeness (QED) is 0.264. The minimum atomic E-state index is -0.697. The molecule has 37 heavy (non-hydrogen) atoms. The molecule has 0 spiro atoms. The van der Waals surface area contributed by atoms with Gasteiger partial charge in [0.15, 0.2) is 5.49 Å². The predicted molar refractivity (Wildman–Crippen MR) is 139 cm³/mol. The molecule has 9 nitrogen and oxygen atoms in total. The van der Waals surface area contributed by atoms with Crippen molar-refractivity contribution in [1.82, 2.24) is 14.0 Å². The number of ether oxygens (including phenoxy) is 2. The van der Waals surface area contributed by atoms with Crippen LogP contribution in [0.3, 0.4) is 0 Å². The Bertz CT molecular complexity index is 1800. The van der Waals surface area contributed by atoms with Gasteiger partial charge in [-0.15, -0.1) is 0 Å². The molecule has 3 aromatic heterocycles. The summed E-state index contributed by atoms with van der Waals surface area (Å²) in [7, 11) is 1.54. The summed E-state index contributed by atoms with van der Waals surface area (Å²) in [4.78, 5) is 49.1. The van der Waals surface area contributed by atoms with Gasteiger partial charge in [-0.05, 0) is 42.0 Å². The number of rotatable bonds is 6. The summed E-state index contributed by atoms with van der Waals surface area (Å²) in [5, 5.41) is 1.82. The minimum absolute atomic E-state index is 0.00572. The summed E-state index contributed by atoms with van der Waals surface area (Å²) in [6, 6.07) is 19.5. The van der Waals surface area contributed by atoms with Gasteiger partial charge in [-0.1, -0.05) is 42.5 Å². The highest BCUT2D eigenvalue weighted by atomic mass is 16.5. The Kier molecular flexibility index (Phi) is 6.61. The van der Waals surface area contributed by atoms with Crippen molar-refractivity contribution in [3.63, 3.8) is 0 Å². The number of aromatic nitrogens is 3. The van der Waals surface area contributed by atoms with Gasteiger partial charge in [0.2, 0.25) is 0 Å². The Morgan fingerprint density at radius 1 is 0.973 bits per heavy atom. The van der Waals surface area contributed by atoms with E-state index in [9.17, 15) is 14.4 Å². The third-order valence-electron chi connectivity index (χ3n) is 6.03. The fourth-order valence-corrected chi connectivity index (χ4v) is 4.32. The molecular formula is C28H24N4O5. The second-order valence-corrected chi connectivity index (χ2v) is 8.27. The lowest BCUT2D eigenvalue weighted by molar-refractivity contribution is 0.0523. The molecular weight excluding hydrogens is 472 g/mol. The van der Waals surface area contributed by atoms with Gasteiger partial charge in [0, 0.05) is 25.4 Å². The van der Waals surface area contributed by atoms with Gasteiger partial charge in [-0.25, -0.2) is 9.78 Å². The van der Waals surface area contributed by atoms with Crippen molar-refractivity contribution in [2.45, 2.75) is 13.5 Å². The standard InChI is InChI=1S/C28H24N4O5/c1-3-37-28(35)22-17-21-24(29-23-13-6-7-14-31(23)27(21)34)32(15-16-36-2)25(22)30-26(33)20-12-8-10-18-9-4-5-11-19(18)20/h4-14,17H,3,15-16H2,1-2H3. The van der Waals surface area contributed by atoms with Gasteiger partial charge < -0.3 is 14.0 Å². The van der Waals surface area contributed by atoms with E-state index in [1.165, 1.54) is 17.6 Å². The molecule has 0 N–H and O–H groups in total. The number of hydrogen-bond acceptors (Lipinski definition) is 6. The van der Waals surface area contributed by atoms with Crippen molar-refractivity contribution in [1.29, 1.82) is 0 Å². The highest BCUT2D eigenvalue weighted by molar-refractivity contribution is 6.07. The molecule has 0 saturated heterocycles. The Hall–Kier alpha value is -4.63. The maximum atomic E-state index is 13.6. The summed E-state index contributed by atoms with van der Waals surface area (Å²) in [5.41, 5.74) is 0.774. The topological polar surface area (TPSA) is 104 Å². The number of amides is 1. The van der Waals surface area contributed by atoms with E-state index in [1.807, 2.05) is 30.3 Å². The Morgan fingerprint density at radius 3 is 2.57 bits per heavy atom. The average Bonchev–Trinajstić information content (AvgIpc) is 2.92. The summed E-state index contributed by atoms with van der Waals surface area (Å²) in [5.74, 6) is -1.23. The maximum absolute atomic E-state index is 13.6. The molecule has 0 bridgehead atoms. The van der Waals surface area contributed by atoms with E-state index in [0.29, 0.717) is 11.2 Å². The maximum Gasteiger partial charge on any atom is 0.341 e. The van der Waals surface area contributed by atoms with E-state index in [0.717, 1.165) is 10.8 Å². The number of esters is 1. The lowest BCUT2D eigenvalue weighted by Crippen LogP contribution is -2.33. The van der Waals surface area contributed by atoms with Crippen LogP contribution in [0.1, 0.15) is 27.6 Å². The Labute approximate surface area is 211 Å². The van der Waals surface area contributed by atoms with E-state index in [4.69, 9.17) is 9.47 Å². The number of pyridine rings is 2. The van der Waals surface area contributed by atoms with E-state index in [1.54, 1.807) is 48.0 Å². The number of methoxy groups -OCH3 is 1. The zero-order chi connectivity index (χ0) is 25.9. The SMILES string of the molecule is CCOC(=O)c1cc2c(=O)n3ccccc3nc2n(CCOC)c1=NC(=O)c1cccc2ccccc12. The highest BCUT2D eigenvalue weighted by Crippen LogP contribution is 2.19. The molecule has 0 atom stereocenters. The molecule has 0 aliphatic heterocycles. The molecule has 0 unspecified atom stereocenters. The number of carbonyl (C=O) groups excluding carboxylic acids is 2. The second kappa shape index (κ2) is 10.2. The van der Waals surface area contributed by atoms with Gasteiger partial charge >= 0.3 is 5.97 Å². The van der Waals surface area contributed by atoms with Crippen LogP contribution in [0, 0.1) is 0 Å². The lowest BCUT2D eigenvalue weighted by atomic mass is 10.0. The van der Waals surface area contributed by atoms with Crippen LogP contribution in [0.5, 0.6) is 0 Å². The van der Waals surface area contributed by atoms with E-state index in [-0.39, 0.29) is 47.4 Å². The van der Waals surface area contributed by atoms with E-state index >= 15 is 0 Å². The molecule has 5 aromatic rings. The molecule has 9 heteroatoms. The molecule has 3 heterocycles. The number of benzene rings is 2. The molecule has 0 fully saturated rings. The molecule has 0 saturated carbocycles. The first-order valence-corrected chi connectivity index (χ1v) is 11.8. The highest BCUT2D eigenvalue weighted by Gasteiger charge is 2.20. The van der Waals surface area contributed by atoms with Crippen LogP contribution < -0.4 is 11.0 Å². The Balaban J connectivity index is 1.87. The fraction of sp³-hybridized carbons (Fsp3) is 0.179. The van der Waals surface area contributed by atoms with Crippen LogP contribution in [0.25, 0.3) is 27.5 Å². The van der Waals surface area contributed by atoms with E-state index in [2.05, 4.69) is 9.98 Å². The van der Waals surface area contributed by atoms with Crippen molar-refractivity contribution in [3.8, 4) is 0 Å². The normalized spacial score (nSPS) is 11.9. The number of hydrogen-bond donors (Lipinski definition) is 0. The number of fused-ring (bicyclic) bond motifs is 3. The van der Waals surface area contributed by atoms with Crippen molar-refractivity contribution < 1.29 is 19.1 Å². The fourth-order valence-electron chi connectivity index (χ4n) is 4.32. The summed E-state index contributed by atoms with van der Waals surface area (Å²) in [6.07, 6.45) is 1.61. The van der Waals surface area contributed by atoms with E-state index < -0.39 is 11.9 Å². The first kappa shape index (κ1) is 24.1. The monoisotopic (exact) mass is 496 g/mol. The van der Waals surface area contributed by atoms with Crippen molar-refractivity contribution in [2.24, 2.45) is 4.99 Å². The Morgan fingerprint density at radius 2 is 1.76 bits per heavy atom. The van der Waals surface area contributed by atoms with Crippen LogP contribution in [0.2, 0.25) is 0 Å². The van der Waals surface area contributed by atoms with Gasteiger partial charge in [-0.3, -0.25) is 14.0 Å². The van der Waals surface area contributed by atoms with Gasteiger partial charge in [0.05, 0.1) is 18.6 Å². The van der Waals surface area contributed by atoms with Gasteiger partial charge in [0.1, 0.15) is 16.9 Å². The molecule has 0 aliphatic carbocycles. The van der Waals surface area contributed by atoms with Crippen molar-refractivity contribution >= 4 is 39.3 Å². The van der Waals surface area contributed by atoms with Gasteiger partial charge in [0.25, 0.3) is 11.5 Å². The van der Waals surface area contributed by atoms with Crippen LogP contribution >= 0.6 is 0 Å². The smallest absolute Gasteiger partial charge is 0.341 e. The molecule has 5 rings (SSSR count). The lowest BCUT2D eigenvalue weighted by Gasteiger charge is -2.15. The first-order chi connectivity index (χ1) is 18.0. The van der Waals surface area contributed by atoms with Crippen LogP contribution in [0.15, 0.2) is 82.7 Å². The average molecular weight is 497 g/mol. The van der Waals surface area contributed by atoms with Gasteiger partial charge in [-0.2, -0.15) is 4.99 Å². The molecule has 2 aromatic carbocycles. The van der Waals surface area contributed by atoms with Crippen LogP contribution in [0.4, 0.5) is 0 Å². The largest absolute Gasteiger partial charge is 0.462 e. The number of nitrogens with zero attached hydrogens (tertiary/aromatic N) is 4. The third kappa shape index (κ3) is 4.41. The molecule has 0 radical (unpaired) electrons.